The molecule has 28 heavy (non-hydrogen) atoms. The van der Waals surface area contributed by atoms with Crippen LogP contribution in [0.4, 0.5) is 0 Å². The van der Waals surface area contributed by atoms with E-state index in [0.717, 1.165) is 36.7 Å². The first kappa shape index (κ1) is 18.1. The third-order valence-corrected chi connectivity index (χ3v) is 7.11. The second-order valence-corrected chi connectivity index (χ2v) is 8.95. The van der Waals surface area contributed by atoms with Crippen molar-refractivity contribution in [2.45, 2.75) is 18.6 Å². The number of Topliss-reactive ketones (excluding diaryl/α,β-unsaturated/α-hetero) is 1. The predicted octanol–water partition coefficient (Wildman–Crippen LogP) is 3.04. The molecule has 2 aliphatic rings. The molecular weight excluding hydrogens is 390 g/mol. The molecule has 0 saturated carbocycles. The smallest absolute Gasteiger partial charge is 0.145 e. The zero-order valence-electron chi connectivity index (χ0n) is 15.5. The minimum atomic E-state index is -0.0792. The molecule has 4 atom stereocenters. The molecule has 3 aromatic rings. The third-order valence-electron chi connectivity index (χ3n) is 5.90. The molecule has 0 radical (unpaired) electrons. The van der Waals surface area contributed by atoms with Crippen LogP contribution in [-0.2, 0) is 11.3 Å². The molecule has 6 nitrogen and oxygen atoms in total. The minimum absolute atomic E-state index is 0.0202. The maximum Gasteiger partial charge on any atom is 0.145 e. The van der Waals surface area contributed by atoms with E-state index in [1.54, 1.807) is 22.7 Å². The zero-order valence-corrected chi connectivity index (χ0v) is 17.1. The fourth-order valence-corrected chi connectivity index (χ4v) is 5.92. The van der Waals surface area contributed by atoms with Crippen LogP contribution >= 0.6 is 22.7 Å². The van der Waals surface area contributed by atoms with E-state index in [2.05, 4.69) is 42.6 Å². The van der Waals surface area contributed by atoms with Gasteiger partial charge in [-0.15, -0.1) is 22.7 Å². The average molecular weight is 412 g/mol. The maximum atomic E-state index is 13.4. The molecule has 0 spiro atoms. The number of carbonyl (C=O) groups excluding carboxylic acids is 1. The van der Waals surface area contributed by atoms with Gasteiger partial charge in [0.1, 0.15) is 5.78 Å². The molecule has 2 fully saturated rings. The lowest BCUT2D eigenvalue weighted by Gasteiger charge is -2.52. The van der Waals surface area contributed by atoms with Crippen LogP contribution in [0.5, 0.6) is 0 Å². The van der Waals surface area contributed by atoms with Gasteiger partial charge in [-0.2, -0.15) is 0 Å². The summed E-state index contributed by atoms with van der Waals surface area (Å²) in [6.45, 7) is 2.24. The highest BCUT2D eigenvalue weighted by Gasteiger charge is 2.52. The second-order valence-electron chi connectivity index (χ2n) is 7.51. The number of aromatic nitrogens is 3. The van der Waals surface area contributed by atoms with Crippen molar-refractivity contribution in [3.8, 4) is 0 Å². The van der Waals surface area contributed by atoms with E-state index in [9.17, 15) is 4.79 Å². The summed E-state index contributed by atoms with van der Waals surface area (Å²) in [6.07, 6.45) is 1.83. The summed E-state index contributed by atoms with van der Waals surface area (Å²) in [5.41, 5.74) is 6.73. The first-order valence-corrected chi connectivity index (χ1v) is 11.2. The number of thiazole rings is 2. The largest absolute Gasteiger partial charge is 0.299 e. The number of pyridine rings is 1. The number of likely N-dealkylation sites (tertiary alicyclic amines) is 2. The van der Waals surface area contributed by atoms with Crippen molar-refractivity contribution in [3.63, 3.8) is 0 Å². The summed E-state index contributed by atoms with van der Waals surface area (Å²) in [5, 5.41) is 4.15. The van der Waals surface area contributed by atoms with Gasteiger partial charge in [0.05, 0.1) is 52.0 Å². The van der Waals surface area contributed by atoms with E-state index in [-0.39, 0.29) is 23.9 Å². The topological polar surface area (TPSA) is 62.2 Å². The third kappa shape index (κ3) is 3.10. The molecule has 0 amide bonds. The van der Waals surface area contributed by atoms with E-state index in [0.29, 0.717) is 5.78 Å². The van der Waals surface area contributed by atoms with E-state index >= 15 is 0 Å². The molecule has 2 saturated heterocycles. The van der Waals surface area contributed by atoms with Crippen molar-refractivity contribution in [2.24, 2.45) is 11.8 Å². The van der Waals surface area contributed by atoms with Gasteiger partial charge >= 0.3 is 0 Å². The van der Waals surface area contributed by atoms with Gasteiger partial charge in [0.2, 0.25) is 0 Å². The summed E-state index contributed by atoms with van der Waals surface area (Å²) in [4.78, 5) is 31.8. The number of piperidine rings is 2. The van der Waals surface area contributed by atoms with Gasteiger partial charge < -0.3 is 0 Å². The van der Waals surface area contributed by atoms with Gasteiger partial charge in [0, 0.05) is 36.6 Å². The number of ketones is 1. The Bertz CT molecular complexity index is 877. The number of hydrogen-bond acceptors (Lipinski definition) is 8. The number of fused-ring (bicyclic) bond motifs is 2. The molecule has 5 heterocycles. The summed E-state index contributed by atoms with van der Waals surface area (Å²) >= 11 is 3.17. The molecule has 0 aromatic carbocycles. The highest BCUT2D eigenvalue weighted by Crippen LogP contribution is 2.47. The highest BCUT2D eigenvalue weighted by atomic mass is 32.1. The Hall–Kier alpha value is -2.00. The van der Waals surface area contributed by atoms with Crippen molar-refractivity contribution in [3.05, 3.63) is 63.3 Å². The fourth-order valence-electron chi connectivity index (χ4n) is 4.75. The SMILES string of the molecule is CN1C(c2cscn2)C2CN(Cc3ccccn3)CC(C2=O)C1c1cscn1. The number of nitrogens with zero attached hydrogens (tertiary/aromatic N) is 5. The van der Waals surface area contributed by atoms with E-state index in [1.165, 1.54) is 0 Å². The lowest BCUT2D eigenvalue weighted by molar-refractivity contribution is -0.148. The quantitative estimate of drug-likeness (QED) is 0.658. The molecule has 2 aliphatic heterocycles. The molecule has 2 bridgehead atoms. The van der Waals surface area contributed by atoms with Crippen LogP contribution in [0.1, 0.15) is 29.2 Å². The minimum Gasteiger partial charge on any atom is -0.299 e. The summed E-state index contributed by atoms with van der Waals surface area (Å²) in [7, 11) is 2.12. The normalized spacial score (nSPS) is 28.5. The second kappa shape index (κ2) is 7.44. The maximum absolute atomic E-state index is 13.4. The van der Waals surface area contributed by atoms with Gasteiger partial charge in [-0.05, 0) is 19.2 Å². The van der Waals surface area contributed by atoms with Gasteiger partial charge in [-0.25, -0.2) is 9.97 Å². The van der Waals surface area contributed by atoms with Gasteiger partial charge in [0.15, 0.2) is 0 Å². The van der Waals surface area contributed by atoms with Crippen molar-refractivity contribution in [1.29, 1.82) is 0 Å². The molecule has 3 aromatic heterocycles. The molecular formula is C20H21N5OS2. The Morgan fingerprint density at radius 3 is 2.14 bits per heavy atom. The van der Waals surface area contributed by atoms with Crippen LogP contribution in [0.3, 0.4) is 0 Å². The summed E-state index contributed by atoms with van der Waals surface area (Å²) < 4.78 is 0. The molecule has 5 rings (SSSR count). The van der Waals surface area contributed by atoms with Gasteiger partial charge in [-0.1, -0.05) is 6.07 Å². The van der Waals surface area contributed by atoms with Crippen LogP contribution in [0.15, 0.2) is 46.2 Å². The summed E-state index contributed by atoms with van der Waals surface area (Å²) in [5.74, 6) is 0.195. The standard InChI is InChI=1S/C20H21N5OS2/c1-24-18(16-9-27-11-22-16)14-7-25(6-13-4-2-3-5-21-13)8-15(20(14)26)19(24)17-10-28-12-23-17/h2-5,9-12,14-15,18-19H,6-8H2,1H3. The Kier molecular flexibility index (Phi) is 4.80. The van der Waals surface area contributed by atoms with Crippen molar-refractivity contribution in [1.82, 2.24) is 24.8 Å². The first-order chi connectivity index (χ1) is 13.7. The average Bonchev–Trinajstić information content (AvgIpc) is 3.39. The zero-order chi connectivity index (χ0) is 19.1. The van der Waals surface area contributed by atoms with Crippen LogP contribution in [-0.4, -0.2) is 50.7 Å². The van der Waals surface area contributed by atoms with Crippen molar-refractivity contribution < 1.29 is 4.79 Å². The number of carbonyl (C=O) groups is 1. The Labute approximate surface area is 171 Å². The molecule has 0 N–H and O–H groups in total. The van der Waals surface area contributed by atoms with Crippen molar-refractivity contribution >= 4 is 28.5 Å². The molecule has 144 valence electrons. The van der Waals surface area contributed by atoms with E-state index in [4.69, 9.17) is 0 Å². The Morgan fingerprint density at radius 2 is 1.64 bits per heavy atom. The number of hydrogen-bond donors (Lipinski definition) is 0. The van der Waals surface area contributed by atoms with Crippen LogP contribution in [0.2, 0.25) is 0 Å². The van der Waals surface area contributed by atoms with Gasteiger partial charge in [0.25, 0.3) is 0 Å². The molecule has 4 unspecified atom stereocenters. The predicted molar refractivity (Wildman–Crippen MR) is 109 cm³/mol. The van der Waals surface area contributed by atoms with E-state index < -0.39 is 0 Å². The van der Waals surface area contributed by atoms with Crippen LogP contribution in [0.25, 0.3) is 0 Å². The lowest BCUT2D eigenvalue weighted by Crippen LogP contribution is -2.59. The lowest BCUT2D eigenvalue weighted by atomic mass is 9.72. The fraction of sp³-hybridized carbons (Fsp3) is 0.400. The highest BCUT2D eigenvalue weighted by molar-refractivity contribution is 7.07. The van der Waals surface area contributed by atoms with Crippen molar-refractivity contribution in [2.75, 3.05) is 20.1 Å². The van der Waals surface area contributed by atoms with Gasteiger partial charge in [-0.3, -0.25) is 19.6 Å². The summed E-state index contributed by atoms with van der Waals surface area (Å²) in [6, 6.07) is 5.96. The van der Waals surface area contributed by atoms with Crippen LogP contribution in [0, 0.1) is 11.8 Å². The number of rotatable bonds is 4. The monoisotopic (exact) mass is 411 g/mol. The first-order valence-electron chi connectivity index (χ1n) is 9.36. The van der Waals surface area contributed by atoms with Crippen LogP contribution < -0.4 is 0 Å². The Balaban J connectivity index is 1.52. The van der Waals surface area contributed by atoms with E-state index in [1.807, 2.05) is 35.4 Å². The molecule has 8 heteroatoms. The Morgan fingerprint density at radius 1 is 1.00 bits per heavy atom. The molecule has 0 aliphatic carbocycles.